The third kappa shape index (κ3) is 7.29. The Kier molecular flexibility index (Phi) is 9.55. The minimum Gasteiger partial charge on any atom is -0.453 e. The van der Waals surface area contributed by atoms with E-state index in [0.717, 1.165) is 67.6 Å². The summed E-state index contributed by atoms with van der Waals surface area (Å²) in [4.78, 5) is 0. The van der Waals surface area contributed by atoms with Gasteiger partial charge in [-0.25, -0.2) is 17.6 Å². The molecule has 4 rings (SSSR count). The van der Waals surface area contributed by atoms with Crippen LogP contribution in [-0.2, 0) is 12.5 Å². The standard InChI is InChI=1S/C32H24F8O2/c1-2-3-4-5-19-6-8-20(9-7-19)22-14-25(33)30(26(34)15-22)32(39,40)42-24-12-10-21(11-13-24)23-16-27(35)31(28(36)17-23)41-18-29(37)38/h6-18H,2-5H2,1H3. The first-order valence-electron chi connectivity index (χ1n) is 12.9. The van der Waals surface area contributed by atoms with Crippen LogP contribution in [0.15, 0.2) is 85.1 Å². The van der Waals surface area contributed by atoms with Crippen molar-refractivity contribution < 1.29 is 44.6 Å². The average Bonchev–Trinajstić information content (AvgIpc) is 2.92. The van der Waals surface area contributed by atoms with Gasteiger partial charge in [0.25, 0.3) is 0 Å². The fourth-order valence-electron chi connectivity index (χ4n) is 4.32. The Morgan fingerprint density at radius 3 is 1.69 bits per heavy atom. The molecule has 0 amide bonds. The number of halogens is 8. The van der Waals surface area contributed by atoms with Gasteiger partial charge in [0, 0.05) is 0 Å². The molecule has 0 saturated carbocycles. The van der Waals surface area contributed by atoms with Crippen molar-refractivity contribution in [1.29, 1.82) is 0 Å². The highest BCUT2D eigenvalue weighted by Crippen LogP contribution is 2.38. The smallest absolute Gasteiger partial charge is 0.432 e. The van der Waals surface area contributed by atoms with Crippen molar-refractivity contribution in [3.05, 3.63) is 120 Å². The summed E-state index contributed by atoms with van der Waals surface area (Å²) >= 11 is 0. The molecule has 0 aliphatic heterocycles. The van der Waals surface area contributed by atoms with E-state index in [0.29, 0.717) is 5.56 Å². The lowest BCUT2D eigenvalue weighted by atomic mass is 9.99. The summed E-state index contributed by atoms with van der Waals surface area (Å²) in [5, 5.41) is 0. The van der Waals surface area contributed by atoms with Gasteiger partial charge >= 0.3 is 12.2 Å². The van der Waals surface area contributed by atoms with Crippen molar-refractivity contribution in [3.8, 4) is 33.8 Å². The van der Waals surface area contributed by atoms with Crippen molar-refractivity contribution >= 4 is 0 Å². The van der Waals surface area contributed by atoms with Crippen molar-refractivity contribution in [1.82, 2.24) is 0 Å². The molecule has 42 heavy (non-hydrogen) atoms. The molecule has 2 nitrogen and oxygen atoms in total. The Balaban J connectivity index is 1.51. The summed E-state index contributed by atoms with van der Waals surface area (Å²) in [6, 6.07) is 14.5. The molecule has 220 valence electrons. The number of unbranched alkanes of at least 4 members (excludes halogenated alkanes) is 2. The maximum Gasteiger partial charge on any atom is 0.432 e. The molecule has 0 spiro atoms. The summed E-state index contributed by atoms with van der Waals surface area (Å²) in [5.41, 5.74) is 0.0831. The highest BCUT2D eigenvalue weighted by atomic mass is 19.3. The summed E-state index contributed by atoms with van der Waals surface area (Å²) in [7, 11) is 0. The Morgan fingerprint density at radius 1 is 0.690 bits per heavy atom. The molecule has 0 saturated heterocycles. The van der Waals surface area contributed by atoms with Gasteiger partial charge in [-0.3, -0.25) is 0 Å². The molecule has 0 aromatic heterocycles. The second kappa shape index (κ2) is 13.1. The number of rotatable bonds is 11. The Morgan fingerprint density at radius 2 is 1.19 bits per heavy atom. The second-order valence-corrected chi connectivity index (χ2v) is 9.41. The molecular formula is C32H24F8O2. The molecule has 0 radical (unpaired) electrons. The maximum absolute atomic E-state index is 14.9. The summed E-state index contributed by atoms with van der Waals surface area (Å²) in [5.74, 6) is -7.13. The van der Waals surface area contributed by atoms with Gasteiger partial charge in [-0.2, -0.15) is 17.6 Å². The Hall–Kier alpha value is -4.34. The summed E-state index contributed by atoms with van der Waals surface area (Å²) in [6.45, 7) is 2.09. The Bertz CT molecular complexity index is 1510. The van der Waals surface area contributed by atoms with E-state index < -0.39 is 52.5 Å². The third-order valence-corrected chi connectivity index (χ3v) is 6.39. The first-order chi connectivity index (χ1) is 20.0. The van der Waals surface area contributed by atoms with Crippen LogP contribution in [0.5, 0.6) is 11.5 Å². The zero-order valence-corrected chi connectivity index (χ0v) is 22.2. The van der Waals surface area contributed by atoms with Crippen molar-refractivity contribution in [3.63, 3.8) is 0 Å². The zero-order chi connectivity index (χ0) is 30.4. The normalized spacial score (nSPS) is 11.4. The van der Waals surface area contributed by atoms with Crippen LogP contribution in [0.1, 0.15) is 37.3 Å². The molecule has 0 atom stereocenters. The minimum absolute atomic E-state index is 0.0676. The number of hydrogen-bond acceptors (Lipinski definition) is 2. The van der Waals surface area contributed by atoms with E-state index in [1.54, 1.807) is 12.1 Å². The molecule has 10 heteroatoms. The first kappa shape index (κ1) is 30.6. The minimum atomic E-state index is -4.41. The second-order valence-electron chi connectivity index (χ2n) is 9.41. The van der Waals surface area contributed by atoms with E-state index in [4.69, 9.17) is 0 Å². The fourth-order valence-corrected chi connectivity index (χ4v) is 4.32. The van der Waals surface area contributed by atoms with Crippen LogP contribution >= 0.6 is 0 Å². The fraction of sp³-hybridized carbons (Fsp3) is 0.188. The molecule has 0 fully saturated rings. The predicted octanol–water partition coefficient (Wildman–Crippen LogP) is 10.6. The molecule has 0 bridgehead atoms. The van der Waals surface area contributed by atoms with E-state index in [2.05, 4.69) is 16.4 Å². The van der Waals surface area contributed by atoms with E-state index >= 15 is 0 Å². The molecule has 0 N–H and O–H groups in total. The quantitative estimate of drug-likeness (QED) is 0.0980. The van der Waals surface area contributed by atoms with Gasteiger partial charge in [0.1, 0.15) is 22.9 Å². The van der Waals surface area contributed by atoms with Crippen LogP contribution in [-0.4, -0.2) is 0 Å². The van der Waals surface area contributed by atoms with E-state index in [-0.39, 0.29) is 23.0 Å². The number of aryl methyl sites for hydroxylation is 1. The molecule has 4 aromatic rings. The van der Waals surface area contributed by atoms with Crippen molar-refractivity contribution in [2.75, 3.05) is 0 Å². The largest absolute Gasteiger partial charge is 0.453 e. The third-order valence-electron chi connectivity index (χ3n) is 6.39. The lowest BCUT2D eigenvalue weighted by Crippen LogP contribution is -2.25. The molecular weight excluding hydrogens is 568 g/mol. The van der Waals surface area contributed by atoms with E-state index in [1.807, 2.05) is 12.1 Å². The summed E-state index contributed by atoms with van der Waals surface area (Å²) in [6.07, 6.45) is -2.82. The zero-order valence-electron chi connectivity index (χ0n) is 22.2. The SMILES string of the molecule is CCCCCc1ccc(-c2cc(F)c(C(F)(F)Oc3ccc(-c4cc(F)c(OC=C(F)F)c(F)c4)cc3)c(F)c2)cc1. The molecule has 4 aromatic carbocycles. The lowest BCUT2D eigenvalue weighted by Gasteiger charge is -2.20. The van der Waals surface area contributed by atoms with Gasteiger partial charge in [-0.05, 0) is 77.1 Å². The summed E-state index contributed by atoms with van der Waals surface area (Å²) < 4.78 is 121. The van der Waals surface area contributed by atoms with Crippen LogP contribution < -0.4 is 9.47 Å². The van der Waals surface area contributed by atoms with E-state index in [1.165, 1.54) is 12.1 Å². The van der Waals surface area contributed by atoms with Crippen molar-refractivity contribution in [2.45, 2.75) is 38.7 Å². The number of benzene rings is 4. The molecule has 0 heterocycles. The van der Waals surface area contributed by atoms with Gasteiger partial charge in [0.2, 0.25) is 0 Å². The monoisotopic (exact) mass is 592 g/mol. The van der Waals surface area contributed by atoms with Gasteiger partial charge in [0.05, 0.1) is 0 Å². The number of alkyl halides is 2. The maximum atomic E-state index is 14.9. The van der Waals surface area contributed by atoms with Crippen LogP contribution in [0, 0.1) is 23.3 Å². The lowest BCUT2D eigenvalue weighted by molar-refractivity contribution is -0.189. The first-order valence-corrected chi connectivity index (χ1v) is 12.9. The van der Waals surface area contributed by atoms with Crippen LogP contribution in [0.25, 0.3) is 22.3 Å². The molecule has 0 aliphatic rings. The molecule has 0 unspecified atom stereocenters. The van der Waals surface area contributed by atoms with Gasteiger partial charge in [-0.1, -0.05) is 56.2 Å². The van der Waals surface area contributed by atoms with Crippen LogP contribution in [0.4, 0.5) is 35.1 Å². The van der Waals surface area contributed by atoms with Crippen molar-refractivity contribution in [2.24, 2.45) is 0 Å². The molecule has 0 aliphatic carbocycles. The topological polar surface area (TPSA) is 18.5 Å². The van der Waals surface area contributed by atoms with Gasteiger partial charge < -0.3 is 9.47 Å². The van der Waals surface area contributed by atoms with Gasteiger partial charge in [-0.15, -0.1) is 0 Å². The van der Waals surface area contributed by atoms with Crippen LogP contribution in [0.2, 0.25) is 0 Å². The Labute approximate surface area is 236 Å². The van der Waals surface area contributed by atoms with Crippen LogP contribution in [0.3, 0.4) is 0 Å². The average molecular weight is 593 g/mol. The van der Waals surface area contributed by atoms with E-state index in [9.17, 15) is 35.1 Å². The number of ether oxygens (including phenoxy) is 2. The number of hydrogen-bond donors (Lipinski definition) is 0. The predicted molar refractivity (Wildman–Crippen MR) is 142 cm³/mol. The highest BCUT2D eigenvalue weighted by Gasteiger charge is 2.41. The highest BCUT2D eigenvalue weighted by molar-refractivity contribution is 5.66. The van der Waals surface area contributed by atoms with Gasteiger partial charge in [0.15, 0.2) is 23.6 Å².